The molecule has 1 heterocycles. The molecule has 1 aromatic rings. The molecule has 0 aromatic heterocycles. The zero-order valence-corrected chi connectivity index (χ0v) is 18.8. The van der Waals surface area contributed by atoms with E-state index in [0.29, 0.717) is 6.54 Å². The maximum Gasteiger partial charge on any atom is 0.573 e. The van der Waals surface area contributed by atoms with E-state index in [2.05, 4.69) is 15.4 Å². The highest BCUT2D eigenvalue weighted by molar-refractivity contribution is 7.89. The molecule has 180 valence electrons. The number of nitrogens with one attached hydrogen (secondary N) is 2. The molecule has 0 aliphatic carbocycles. The van der Waals surface area contributed by atoms with E-state index in [0.717, 1.165) is 24.3 Å². The van der Waals surface area contributed by atoms with Gasteiger partial charge in [0.1, 0.15) is 5.75 Å². The number of carbonyl (C=O) groups is 2. The highest BCUT2D eigenvalue weighted by atomic mass is 32.2. The zero-order valence-electron chi connectivity index (χ0n) is 18.0. The standard InChI is InChI=1S/C19H27F3N4O5S/c1-13(2)12-23-18(28)24-17(27)14(3)25-8-10-26(11-9-25)32(29,30)16-6-4-15(5-7-16)31-19(20,21)22/h4-7,13-14H,8-12H2,1-3H3,(H2,23,24,27,28). The number of nitrogens with zero attached hydrogens (tertiary/aromatic N) is 2. The normalized spacial score (nSPS) is 17.1. The molecule has 1 aromatic carbocycles. The van der Waals surface area contributed by atoms with Crippen molar-refractivity contribution in [1.29, 1.82) is 0 Å². The maximum atomic E-state index is 12.8. The lowest BCUT2D eigenvalue weighted by molar-refractivity contribution is -0.274. The second kappa shape index (κ2) is 10.5. The minimum Gasteiger partial charge on any atom is -0.406 e. The Labute approximate surface area is 184 Å². The Kier molecular flexibility index (Phi) is 8.48. The average molecular weight is 481 g/mol. The number of imide groups is 1. The molecule has 1 fully saturated rings. The van der Waals surface area contributed by atoms with Crippen LogP contribution in [0.5, 0.6) is 5.75 Å². The number of halogens is 3. The van der Waals surface area contributed by atoms with Crippen molar-refractivity contribution in [3.8, 4) is 5.75 Å². The van der Waals surface area contributed by atoms with E-state index in [1.165, 1.54) is 4.31 Å². The SMILES string of the molecule is CC(C)CNC(=O)NC(=O)C(C)N1CCN(S(=O)(=O)c2ccc(OC(F)(F)F)cc2)CC1. The van der Waals surface area contributed by atoms with Crippen LogP contribution in [0.2, 0.25) is 0 Å². The fourth-order valence-electron chi connectivity index (χ4n) is 3.02. The summed E-state index contributed by atoms with van der Waals surface area (Å²) < 4.78 is 67.3. The summed E-state index contributed by atoms with van der Waals surface area (Å²) in [7, 11) is -3.92. The van der Waals surface area contributed by atoms with Gasteiger partial charge in [0.05, 0.1) is 10.9 Å². The molecule has 1 saturated heterocycles. The first-order valence-electron chi connectivity index (χ1n) is 9.98. The van der Waals surface area contributed by atoms with E-state index in [1.54, 1.807) is 11.8 Å². The predicted molar refractivity (Wildman–Crippen MR) is 109 cm³/mol. The number of benzene rings is 1. The van der Waals surface area contributed by atoms with Gasteiger partial charge < -0.3 is 10.1 Å². The Bertz CT molecular complexity index is 899. The molecule has 1 aliphatic rings. The van der Waals surface area contributed by atoms with E-state index in [4.69, 9.17) is 0 Å². The van der Waals surface area contributed by atoms with Gasteiger partial charge in [-0.1, -0.05) is 13.8 Å². The topological polar surface area (TPSA) is 108 Å². The molecule has 2 rings (SSSR count). The molecule has 0 bridgehead atoms. The van der Waals surface area contributed by atoms with Crippen LogP contribution >= 0.6 is 0 Å². The molecule has 9 nitrogen and oxygen atoms in total. The third kappa shape index (κ3) is 7.35. The third-order valence-electron chi connectivity index (χ3n) is 4.80. The van der Waals surface area contributed by atoms with Crippen LogP contribution in [0.15, 0.2) is 29.2 Å². The molecule has 0 radical (unpaired) electrons. The predicted octanol–water partition coefficient (Wildman–Crippen LogP) is 1.76. The molecule has 2 N–H and O–H groups in total. The van der Waals surface area contributed by atoms with Gasteiger partial charge in [-0.25, -0.2) is 13.2 Å². The van der Waals surface area contributed by atoms with Crippen molar-refractivity contribution in [3.05, 3.63) is 24.3 Å². The lowest BCUT2D eigenvalue weighted by Gasteiger charge is -2.36. The summed E-state index contributed by atoms with van der Waals surface area (Å²) in [5, 5.41) is 4.85. The smallest absolute Gasteiger partial charge is 0.406 e. The van der Waals surface area contributed by atoms with Crippen molar-refractivity contribution in [2.75, 3.05) is 32.7 Å². The van der Waals surface area contributed by atoms with Gasteiger partial charge >= 0.3 is 12.4 Å². The van der Waals surface area contributed by atoms with Gasteiger partial charge in [-0.05, 0) is 37.1 Å². The molecule has 0 spiro atoms. The van der Waals surface area contributed by atoms with E-state index in [1.807, 2.05) is 13.8 Å². The van der Waals surface area contributed by atoms with Crippen LogP contribution < -0.4 is 15.4 Å². The number of rotatable bonds is 7. The monoisotopic (exact) mass is 480 g/mol. The molecule has 1 atom stereocenters. The number of amides is 3. The Morgan fingerprint density at radius 1 is 1.06 bits per heavy atom. The summed E-state index contributed by atoms with van der Waals surface area (Å²) in [6.07, 6.45) is -4.87. The van der Waals surface area contributed by atoms with Crippen LogP contribution in [0.1, 0.15) is 20.8 Å². The van der Waals surface area contributed by atoms with E-state index < -0.39 is 40.1 Å². The van der Waals surface area contributed by atoms with Gasteiger partial charge in [-0.3, -0.25) is 15.0 Å². The van der Waals surface area contributed by atoms with Crippen LogP contribution in [-0.4, -0.2) is 74.7 Å². The molecular formula is C19H27F3N4O5S. The van der Waals surface area contributed by atoms with Gasteiger partial charge in [0, 0.05) is 32.7 Å². The summed E-state index contributed by atoms with van der Waals surface area (Å²) in [4.78, 5) is 25.6. The number of piperazine rings is 1. The van der Waals surface area contributed by atoms with E-state index in [-0.39, 0.29) is 37.0 Å². The van der Waals surface area contributed by atoms with Gasteiger partial charge in [0.2, 0.25) is 15.9 Å². The quantitative estimate of drug-likeness (QED) is 0.616. The number of urea groups is 1. The fraction of sp³-hybridized carbons (Fsp3) is 0.579. The van der Waals surface area contributed by atoms with Crippen molar-refractivity contribution in [3.63, 3.8) is 0 Å². The van der Waals surface area contributed by atoms with E-state index in [9.17, 15) is 31.2 Å². The van der Waals surface area contributed by atoms with Gasteiger partial charge in [0.25, 0.3) is 0 Å². The summed E-state index contributed by atoms with van der Waals surface area (Å²) >= 11 is 0. The first kappa shape index (κ1) is 25.9. The molecule has 32 heavy (non-hydrogen) atoms. The van der Waals surface area contributed by atoms with Crippen molar-refractivity contribution in [2.24, 2.45) is 5.92 Å². The second-order valence-corrected chi connectivity index (χ2v) is 9.67. The molecular weight excluding hydrogens is 453 g/mol. The molecule has 1 aliphatic heterocycles. The van der Waals surface area contributed by atoms with Crippen LogP contribution in [0.4, 0.5) is 18.0 Å². The van der Waals surface area contributed by atoms with Crippen LogP contribution in [0, 0.1) is 5.92 Å². The Morgan fingerprint density at radius 3 is 2.12 bits per heavy atom. The summed E-state index contributed by atoms with van der Waals surface area (Å²) in [6, 6.07) is 2.74. The van der Waals surface area contributed by atoms with Crippen molar-refractivity contribution in [2.45, 2.75) is 38.1 Å². The summed E-state index contributed by atoms with van der Waals surface area (Å²) in [6.45, 7) is 6.54. The third-order valence-corrected chi connectivity index (χ3v) is 6.72. The highest BCUT2D eigenvalue weighted by Gasteiger charge is 2.33. The fourth-order valence-corrected chi connectivity index (χ4v) is 4.44. The lowest BCUT2D eigenvalue weighted by Crippen LogP contribution is -2.56. The van der Waals surface area contributed by atoms with Gasteiger partial charge in [-0.2, -0.15) is 4.31 Å². The first-order chi connectivity index (χ1) is 14.8. The Balaban J connectivity index is 1.92. The number of alkyl halides is 3. The Hall–Kier alpha value is -2.38. The highest BCUT2D eigenvalue weighted by Crippen LogP contribution is 2.25. The van der Waals surface area contributed by atoms with Crippen molar-refractivity contribution >= 4 is 22.0 Å². The number of sulfonamides is 1. The second-order valence-electron chi connectivity index (χ2n) is 7.73. The zero-order chi connectivity index (χ0) is 24.1. The average Bonchev–Trinajstić information content (AvgIpc) is 2.71. The molecule has 3 amide bonds. The van der Waals surface area contributed by atoms with Gasteiger partial charge in [0.15, 0.2) is 0 Å². The van der Waals surface area contributed by atoms with Crippen molar-refractivity contribution < 1.29 is 35.9 Å². The van der Waals surface area contributed by atoms with Crippen LogP contribution in [0.25, 0.3) is 0 Å². The summed E-state index contributed by atoms with van der Waals surface area (Å²) in [5.74, 6) is -0.780. The van der Waals surface area contributed by atoms with Crippen LogP contribution in [0.3, 0.4) is 0 Å². The maximum absolute atomic E-state index is 12.8. The van der Waals surface area contributed by atoms with Gasteiger partial charge in [-0.15, -0.1) is 13.2 Å². The number of hydrogen-bond acceptors (Lipinski definition) is 6. The lowest BCUT2D eigenvalue weighted by atomic mass is 10.2. The molecule has 0 saturated carbocycles. The summed E-state index contributed by atoms with van der Waals surface area (Å²) in [5.41, 5.74) is 0. The van der Waals surface area contributed by atoms with E-state index >= 15 is 0 Å². The minimum atomic E-state index is -4.87. The first-order valence-corrected chi connectivity index (χ1v) is 11.4. The Morgan fingerprint density at radius 2 is 1.62 bits per heavy atom. The molecule has 13 heteroatoms. The van der Waals surface area contributed by atoms with Crippen molar-refractivity contribution in [1.82, 2.24) is 19.8 Å². The molecule has 1 unspecified atom stereocenters. The number of carbonyl (C=O) groups excluding carboxylic acids is 2. The minimum absolute atomic E-state index is 0.0836. The number of hydrogen-bond donors (Lipinski definition) is 2. The number of ether oxygens (including phenoxy) is 1. The largest absolute Gasteiger partial charge is 0.573 e. The van der Waals surface area contributed by atoms with Crippen LogP contribution in [-0.2, 0) is 14.8 Å².